The smallest absolute Gasteiger partial charge is 0.346 e. The van der Waals surface area contributed by atoms with E-state index in [9.17, 15) is 18.0 Å². The number of aromatic nitrogens is 1. The third-order valence-corrected chi connectivity index (χ3v) is 2.04. The van der Waals surface area contributed by atoms with Crippen LogP contribution in [0.4, 0.5) is 13.2 Å². The van der Waals surface area contributed by atoms with Crippen LogP contribution in [0, 0.1) is 0 Å². The van der Waals surface area contributed by atoms with Crippen molar-refractivity contribution in [2.75, 3.05) is 6.54 Å². The maximum absolute atomic E-state index is 12.2. The number of hydrogen-bond acceptors (Lipinski definition) is 2. The first-order valence-electron chi connectivity index (χ1n) is 4.45. The predicted molar refractivity (Wildman–Crippen MR) is 59.6 cm³/mol. The van der Waals surface area contributed by atoms with Gasteiger partial charge in [0.15, 0.2) is 0 Å². The van der Waals surface area contributed by atoms with Gasteiger partial charge in [-0.3, -0.25) is 9.78 Å². The predicted octanol–water partition coefficient (Wildman–Crippen LogP) is 2.74. The van der Waals surface area contributed by atoms with E-state index in [1.165, 1.54) is 0 Å². The first-order valence-corrected chi connectivity index (χ1v) is 5.24. The lowest BCUT2D eigenvalue weighted by atomic mass is 10.2. The Balaban J connectivity index is 2.74. The molecule has 17 heavy (non-hydrogen) atoms. The fourth-order valence-corrected chi connectivity index (χ4v) is 1.10. The summed E-state index contributed by atoms with van der Waals surface area (Å²) in [6.45, 7) is 3.68. The van der Waals surface area contributed by atoms with Crippen LogP contribution >= 0.6 is 15.9 Å². The third-order valence-electron chi connectivity index (χ3n) is 1.76. The summed E-state index contributed by atoms with van der Waals surface area (Å²) in [5.41, 5.74) is -0.967. The van der Waals surface area contributed by atoms with Gasteiger partial charge < -0.3 is 5.32 Å². The second-order valence-electron chi connectivity index (χ2n) is 3.13. The Hall–Kier alpha value is -1.37. The third kappa shape index (κ3) is 4.18. The highest BCUT2D eigenvalue weighted by atomic mass is 79.9. The molecule has 0 aromatic carbocycles. The largest absolute Gasteiger partial charge is 0.417 e. The van der Waals surface area contributed by atoms with E-state index in [1.54, 1.807) is 0 Å². The van der Waals surface area contributed by atoms with Crippen LogP contribution in [0.2, 0.25) is 0 Å². The maximum atomic E-state index is 12.2. The van der Waals surface area contributed by atoms with Crippen LogP contribution in [-0.4, -0.2) is 17.4 Å². The number of carbonyl (C=O) groups excluding carboxylic acids is 1. The van der Waals surface area contributed by atoms with Gasteiger partial charge in [-0.25, -0.2) is 0 Å². The van der Waals surface area contributed by atoms with Gasteiger partial charge in [-0.15, -0.1) is 0 Å². The monoisotopic (exact) mass is 308 g/mol. The second kappa shape index (κ2) is 5.31. The van der Waals surface area contributed by atoms with Gasteiger partial charge >= 0.3 is 6.18 Å². The molecule has 0 radical (unpaired) electrons. The molecular weight excluding hydrogens is 301 g/mol. The summed E-state index contributed by atoms with van der Waals surface area (Å²) in [5, 5.41) is 2.43. The molecule has 0 fully saturated rings. The minimum atomic E-state index is -4.45. The van der Waals surface area contributed by atoms with E-state index < -0.39 is 17.6 Å². The Morgan fingerprint density at radius 2 is 2.12 bits per heavy atom. The number of pyridine rings is 1. The van der Waals surface area contributed by atoms with Gasteiger partial charge in [-0.2, -0.15) is 13.2 Å². The van der Waals surface area contributed by atoms with Crippen molar-refractivity contribution in [2.45, 2.75) is 6.18 Å². The number of carbonyl (C=O) groups is 1. The van der Waals surface area contributed by atoms with Crippen molar-refractivity contribution in [1.29, 1.82) is 0 Å². The molecule has 0 aliphatic rings. The first-order chi connectivity index (χ1) is 7.80. The summed E-state index contributed by atoms with van der Waals surface area (Å²) in [6, 6.07) is 1.83. The molecule has 1 aromatic heterocycles. The molecule has 0 atom stereocenters. The molecule has 1 heterocycles. The van der Waals surface area contributed by atoms with Crippen LogP contribution < -0.4 is 5.32 Å². The van der Waals surface area contributed by atoms with Crippen LogP contribution in [0.15, 0.2) is 29.4 Å². The Kier molecular flexibility index (Phi) is 4.28. The molecule has 0 saturated carbocycles. The minimum Gasteiger partial charge on any atom is -0.346 e. The van der Waals surface area contributed by atoms with E-state index in [2.05, 4.69) is 32.8 Å². The lowest BCUT2D eigenvalue weighted by Gasteiger charge is -2.07. The molecule has 3 nitrogen and oxygen atoms in total. The van der Waals surface area contributed by atoms with E-state index in [-0.39, 0.29) is 12.2 Å². The quantitative estimate of drug-likeness (QED) is 0.933. The molecule has 1 amide bonds. The molecule has 92 valence electrons. The highest BCUT2D eigenvalue weighted by Crippen LogP contribution is 2.28. The number of nitrogens with zero attached hydrogens (tertiary/aromatic N) is 1. The summed E-state index contributed by atoms with van der Waals surface area (Å²) >= 11 is 3.03. The molecule has 0 unspecified atom stereocenters. The van der Waals surface area contributed by atoms with Gasteiger partial charge in [0.05, 0.1) is 5.56 Å². The second-order valence-corrected chi connectivity index (χ2v) is 4.25. The van der Waals surface area contributed by atoms with Crippen molar-refractivity contribution in [3.05, 3.63) is 40.6 Å². The SMILES string of the molecule is C=C(Br)CNC(=O)c1ccc(C(F)(F)F)cn1. The minimum absolute atomic E-state index is 0.0771. The first kappa shape index (κ1) is 13.7. The van der Waals surface area contributed by atoms with Gasteiger partial charge in [0.1, 0.15) is 5.69 Å². The zero-order chi connectivity index (χ0) is 13.1. The molecular formula is C10H8BrF3N2O. The van der Waals surface area contributed by atoms with Crippen LogP contribution in [0.5, 0.6) is 0 Å². The molecule has 1 N–H and O–H groups in total. The average molecular weight is 309 g/mol. The normalized spacial score (nSPS) is 11.1. The highest BCUT2D eigenvalue weighted by Gasteiger charge is 2.30. The number of hydrogen-bond donors (Lipinski definition) is 1. The van der Waals surface area contributed by atoms with Gasteiger partial charge in [0.25, 0.3) is 5.91 Å². The lowest BCUT2D eigenvalue weighted by molar-refractivity contribution is -0.137. The zero-order valence-electron chi connectivity index (χ0n) is 8.51. The van der Waals surface area contributed by atoms with E-state index in [0.717, 1.165) is 12.1 Å². The van der Waals surface area contributed by atoms with Crippen molar-refractivity contribution in [3.8, 4) is 0 Å². The topological polar surface area (TPSA) is 42.0 Å². The average Bonchev–Trinajstić information content (AvgIpc) is 2.25. The van der Waals surface area contributed by atoms with Crippen molar-refractivity contribution in [1.82, 2.24) is 10.3 Å². The summed E-state index contributed by atoms with van der Waals surface area (Å²) < 4.78 is 37.2. The van der Waals surface area contributed by atoms with E-state index in [0.29, 0.717) is 10.7 Å². The van der Waals surface area contributed by atoms with Crippen molar-refractivity contribution < 1.29 is 18.0 Å². The number of rotatable bonds is 3. The Morgan fingerprint density at radius 3 is 2.53 bits per heavy atom. The Morgan fingerprint density at radius 1 is 1.47 bits per heavy atom. The summed E-state index contributed by atoms with van der Waals surface area (Å²) in [7, 11) is 0. The summed E-state index contributed by atoms with van der Waals surface area (Å²) in [6.07, 6.45) is -3.83. The lowest BCUT2D eigenvalue weighted by Crippen LogP contribution is -2.25. The molecule has 0 aliphatic carbocycles. The van der Waals surface area contributed by atoms with Crippen LogP contribution in [0.25, 0.3) is 0 Å². The molecule has 0 bridgehead atoms. The van der Waals surface area contributed by atoms with Gasteiger partial charge in [-0.05, 0) is 12.1 Å². The van der Waals surface area contributed by atoms with Gasteiger partial charge in [-0.1, -0.05) is 22.5 Å². The van der Waals surface area contributed by atoms with E-state index in [4.69, 9.17) is 0 Å². The Labute approximate surface area is 104 Å². The van der Waals surface area contributed by atoms with Crippen LogP contribution in [0.1, 0.15) is 16.1 Å². The van der Waals surface area contributed by atoms with Crippen molar-refractivity contribution in [2.24, 2.45) is 0 Å². The number of amides is 1. The molecule has 1 rings (SSSR count). The highest BCUT2D eigenvalue weighted by molar-refractivity contribution is 9.11. The molecule has 0 spiro atoms. The van der Waals surface area contributed by atoms with Gasteiger partial charge in [0, 0.05) is 17.2 Å². The van der Waals surface area contributed by atoms with Gasteiger partial charge in [0.2, 0.25) is 0 Å². The number of halogens is 4. The molecule has 7 heteroatoms. The molecule has 0 saturated heterocycles. The fourth-order valence-electron chi connectivity index (χ4n) is 0.963. The maximum Gasteiger partial charge on any atom is 0.417 e. The Bertz CT molecular complexity index is 428. The molecule has 1 aromatic rings. The summed E-state index contributed by atoms with van der Waals surface area (Å²) in [4.78, 5) is 14.8. The number of alkyl halides is 3. The molecule has 0 aliphatic heterocycles. The fraction of sp³-hybridized carbons (Fsp3) is 0.200. The van der Waals surface area contributed by atoms with E-state index in [1.807, 2.05) is 0 Å². The van der Waals surface area contributed by atoms with Crippen LogP contribution in [0.3, 0.4) is 0 Å². The number of nitrogens with one attached hydrogen (secondary N) is 1. The van der Waals surface area contributed by atoms with Crippen molar-refractivity contribution >= 4 is 21.8 Å². The van der Waals surface area contributed by atoms with E-state index >= 15 is 0 Å². The zero-order valence-corrected chi connectivity index (χ0v) is 10.1. The van der Waals surface area contributed by atoms with Crippen LogP contribution in [-0.2, 0) is 6.18 Å². The van der Waals surface area contributed by atoms with Crippen molar-refractivity contribution in [3.63, 3.8) is 0 Å². The standard InChI is InChI=1S/C10H8BrF3N2O/c1-6(11)4-16-9(17)8-3-2-7(5-15-8)10(12,13)14/h2-3,5H,1,4H2,(H,16,17). The summed E-state index contributed by atoms with van der Waals surface area (Å²) in [5.74, 6) is -0.556.